The van der Waals surface area contributed by atoms with E-state index in [1.807, 2.05) is 0 Å². The zero-order valence-electron chi connectivity index (χ0n) is 17.3. The molecule has 2 amide bonds. The van der Waals surface area contributed by atoms with Gasteiger partial charge in [-0.1, -0.05) is 6.92 Å². The van der Waals surface area contributed by atoms with Crippen molar-refractivity contribution in [3.63, 3.8) is 0 Å². The molecule has 1 unspecified atom stereocenters. The number of rotatable bonds is 2. The minimum Gasteiger partial charge on any atom is -0.382 e. The molecule has 4 rings (SSSR count). The number of hydrogen-bond acceptors (Lipinski definition) is 5. The van der Waals surface area contributed by atoms with Gasteiger partial charge in [0.1, 0.15) is 5.82 Å². The average molecular weight is 395 g/mol. The van der Waals surface area contributed by atoms with Crippen LogP contribution in [0.4, 0.5) is 27.8 Å². The van der Waals surface area contributed by atoms with Crippen LogP contribution >= 0.6 is 0 Å². The highest BCUT2D eigenvalue weighted by atomic mass is 16.2. The number of carbonyl (C=O) groups is 1. The molecule has 154 valence electrons. The van der Waals surface area contributed by atoms with E-state index < -0.39 is 0 Å². The van der Waals surface area contributed by atoms with Gasteiger partial charge in [0.05, 0.1) is 5.69 Å². The minimum absolute atomic E-state index is 0.0562. The van der Waals surface area contributed by atoms with Crippen molar-refractivity contribution in [1.82, 2.24) is 9.97 Å². The third-order valence-electron chi connectivity index (χ3n) is 5.77. The molecule has 0 aromatic carbocycles. The van der Waals surface area contributed by atoms with Gasteiger partial charge in [0, 0.05) is 43.8 Å². The van der Waals surface area contributed by atoms with Crippen LogP contribution < -0.4 is 20.4 Å². The van der Waals surface area contributed by atoms with Gasteiger partial charge in [-0.2, -0.15) is 0 Å². The van der Waals surface area contributed by atoms with Gasteiger partial charge in [-0.3, -0.25) is 9.88 Å². The fraction of sp³-hybridized carbons (Fsp3) is 0.500. The van der Waals surface area contributed by atoms with Crippen LogP contribution in [-0.2, 0) is 0 Å². The standard InChI is InChI=1S/C22H30N6O/c1-16-5-4-14-27(15-16)20-8-7-19-21(26-20)28(17(2)6-3-11-24-19)22(29)25-18-9-12-23-13-10-18/h7-10,12-13,16-17,24H,3-6,11,14-15H2,1-2H3,(H,23,25,29)/t16?,17-/m1/s1. The topological polar surface area (TPSA) is 73.4 Å². The molecule has 0 saturated carbocycles. The summed E-state index contributed by atoms with van der Waals surface area (Å²) in [6.07, 6.45) is 7.72. The molecular weight excluding hydrogens is 364 g/mol. The molecule has 2 atom stereocenters. The van der Waals surface area contributed by atoms with Crippen LogP contribution in [0.5, 0.6) is 0 Å². The number of nitrogens with zero attached hydrogens (tertiary/aromatic N) is 4. The Labute approximate surface area is 172 Å². The van der Waals surface area contributed by atoms with Gasteiger partial charge in [0.25, 0.3) is 0 Å². The van der Waals surface area contributed by atoms with E-state index in [4.69, 9.17) is 4.98 Å². The Kier molecular flexibility index (Phi) is 5.83. The first kappa shape index (κ1) is 19.5. The second-order valence-electron chi connectivity index (χ2n) is 8.19. The lowest BCUT2D eigenvalue weighted by molar-refractivity contribution is 0.254. The van der Waals surface area contributed by atoms with E-state index in [1.54, 1.807) is 29.4 Å². The number of carbonyl (C=O) groups excluding carboxylic acids is 1. The second-order valence-corrected chi connectivity index (χ2v) is 8.19. The molecule has 29 heavy (non-hydrogen) atoms. The molecule has 7 heteroatoms. The summed E-state index contributed by atoms with van der Waals surface area (Å²) in [4.78, 5) is 26.4. The lowest BCUT2D eigenvalue weighted by Gasteiger charge is -2.35. The number of pyridine rings is 2. The van der Waals surface area contributed by atoms with Crippen LogP contribution in [0.2, 0.25) is 0 Å². The van der Waals surface area contributed by atoms with E-state index in [-0.39, 0.29) is 12.1 Å². The van der Waals surface area contributed by atoms with Crippen molar-refractivity contribution in [3.05, 3.63) is 36.7 Å². The van der Waals surface area contributed by atoms with Gasteiger partial charge in [0.2, 0.25) is 0 Å². The Hall–Kier alpha value is -2.83. The normalized spacial score (nSPS) is 22.1. The summed E-state index contributed by atoms with van der Waals surface area (Å²) in [5.74, 6) is 2.32. The van der Waals surface area contributed by atoms with Crippen LogP contribution in [0.25, 0.3) is 0 Å². The van der Waals surface area contributed by atoms with E-state index in [1.165, 1.54) is 12.8 Å². The Morgan fingerprint density at radius 2 is 1.97 bits per heavy atom. The lowest BCUT2D eigenvalue weighted by atomic mass is 10.0. The van der Waals surface area contributed by atoms with E-state index in [0.29, 0.717) is 11.7 Å². The van der Waals surface area contributed by atoms with Gasteiger partial charge in [-0.25, -0.2) is 9.78 Å². The van der Waals surface area contributed by atoms with Crippen LogP contribution in [0.1, 0.15) is 39.5 Å². The second kappa shape index (κ2) is 8.68. The van der Waals surface area contributed by atoms with Crippen molar-refractivity contribution in [3.8, 4) is 0 Å². The molecular formula is C22H30N6O. The van der Waals surface area contributed by atoms with Crippen molar-refractivity contribution in [1.29, 1.82) is 0 Å². The molecule has 0 spiro atoms. The van der Waals surface area contributed by atoms with Crippen molar-refractivity contribution in [2.45, 2.75) is 45.6 Å². The number of amides is 2. The Morgan fingerprint density at radius 1 is 1.14 bits per heavy atom. The summed E-state index contributed by atoms with van der Waals surface area (Å²) in [6.45, 7) is 7.30. The molecule has 1 saturated heterocycles. The fourth-order valence-electron chi connectivity index (χ4n) is 4.21. The minimum atomic E-state index is -0.162. The fourth-order valence-corrected chi connectivity index (χ4v) is 4.21. The Morgan fingerprint density at radius 3 is 2.76 bits per heavy atom. The zero-order chi connectivity index (χ0) is 20.2. The first-order valence-electron chi connectivity index (χ1n) is 10.6. The van der Waals surface area contributed by atoms with Gasteiger partial charge >= 0.3 is 6.03 Å². The summed E-state index contributed by atoms with van der Waals surface area (Å²) >= 11 is 0. The maximum absolute atomic E-state index is 13.3. The van der Waals surface area contributed by atoms with Crippen LogP contribution in [-0.4, -0.2) is 41.7 Å². The highest BCUT2D eigenvalue weighted by molar-refractivity contribution is 6.03. The number of anilines is 4. The number of aromatic nitrogens is 2. The number of nitrogens with one attached hydrogen (secondary N) is 2. The van der Waals surface area contributed by atoms with Gasteiger partial charge in [0.15, 0.2) is 5.82 Å². The zero-order valence-corrected chi connectivity index (χ0v) is 17.3. The molecule has 2 aromatic rings. The number of hydrogen-bond donors (Lipinski definition) is 2. The summed E-state index contributed by atoms with van der Waals surface area (Å²) in [5.41, 5.74) is 1.64. The molecule has 2 aliphatic rings. The summed E-state index contributed by atoms with van der Waals surface area (Å²) < 4.78 is 0. The molecule has 0 bridgehead atoms. The van der Waals surface area contributed by atoms with Gasteiger partial charge in [-0.05, 0) is 62.8 Å². The first-order valence-corrected chi connectivity index (χ1v) is 10.6. The van der Waals surface area contributed by atoms with E-state index >= 15 is 0 Å². The van der Waals surface area contributed by atoms with Crippen LogP contribution in [0, 0.1) is 5.92 Å². The highest BCUT2D eigenvalue weighted by Gasteiger charge is 2.28. The van der Waals surface area contributed by atoms with Crippen LogP contribution in [0.3, 0.4) is 0 Å². The Balaban J connectivity index is 1.67. The maximum Gasteiger partial charge on any atom is 0.327 e. The highest BCUT2D eigenvalue weighted by Crippen LogP contribution is 2.33. The maximum atomic E-state index is 13.3. The van der Waals surface area contributed by atoms with Crippen LogP contribution in [0.15, 0.2) is 36.7 Å². The summed E-state index contributed by atoms with van der Waals surface area (Å²) in [6, 6.07) is 7.64. The number of urea groups is 1. The molecule has 2 N–H and O–H groups in total. The molecule has 4 heterocycles. The molecule has 0 radical (unpaired) electrons. The predicted octanol–water partition coefficient (Wildman–Crippen LogP) is 4.35. The largest absolute Gasteiger partial charge is 0.382 e. The van der Waals surface area contributed by atoms with E-state index in [9.17, 15) is 4.79 Å². The van der Waals surface area contributed by atoms with Crippen molar-refractivity contribution in [2.75, 3.05) is 40.1 Å². The monoisotopic (exact) mass is 394 g/mol. The molecule has 2 aromatic heterocycles. The first-order chi connectivity index (χ1) is 14.1. The number of piperidine rings is 1. The summed E-state index contributed by atoms with van der Waals surface area (Å²) in [7, 11) is 0. The summed E-state index contributed by atoms with van der Waals surface area (Å²) in [5, 5.41) is 6.46. The predicted molar refractivity (Wildman–Crippen MR) is 118 cm³/mol. The molecule has 0 aliphatic carbocycles. The quantitative estimate of drug-likeness (QED) is 0.792. The third kappa shape index (κ3) is 4.44. The van der Waals surface area contributed by atoms with Crippen molar-refractivity contribution in [2.24, 2.45) is 5.92 Å². The van der Waals surface area contributed by atoms with Crippen molar-refractivity contribution < 1.29 is 4.79 Å². The van der Waals surface area contributed by atoms with E-state index in [2.05, 4.69) is 46.5 Å². The van der Waals surface area contributed by atoms with Crippen molar-refractivity contribution >= 4 is 29.0 Å². The molecule has 7 nitrogen and oxygen atoms in total. The van der Waals surface area contributed by atoms with Gasteiger partial charge < -0.3 is 15.5 Å². The average Bonchev–Trinajstić information content (AvgIpc) is 2.71. The number of fused-ring (bicyclic) bond motifs is 1. The Bertz CT molecular complexity index is 842. The smallest absolute Gasteiger partial charge is 0.327 e. The van der Waals surface area contributed by atoms with E-state index in [0.717, 1.165) is 49.7 Å². The van der Waals surface area contributed by atoms with Gasteiger partial charge in [-0.15, -0.1) is 0 Å². The SMILES string of the molecule is CC1CCCN(c2ccc3c(n2)N(C(=O)Nc2ccncc2)[C@H](C)CCCN3)C1. The molecule has 2 aliphatic heterocycles. The third-order valence-corrected chi connectivity index (χ3v) is 5.77. The lowest BCUT2D eigenvalue weighted by Crippen LogP contribution is -2.44. The molecule has 1 fully saturated rings.